The van der Waals surface area contributed by atoms with Crippen LogP contribution >= 0.6 is 0 Å². The van der Waals surface area contributed by atoms with Gasteiger partial charge in [0.25, 0.3) is 5.91 Å². The second-order valence-electron chi connectivity index (χ2n) is 5.29. The highest BCUT2D eigenvalue weighted by molar-refractivity contribution is 5.91. The molecule has 0 unspecified atom stereocenters. The van der Waals surface area contributed by atoms with Gasteiger partial charge in [0.15, 0.2) is 0 Å². The number of primary amides is 1. The summed E-state index contributed by atoms with van der Waals surface area (Å²) in [4.78, 5) is 26.5. The zero-order valence-corrected chi connectivity index (χ0v) is 11.3. The summed E-state index contributed by atoms with van der Waals surface area (Å²) in [6.07, 6.45) is 5.83. The number of amides is 1. The van der Waals surface area contributed by atoms with E-state index in [4.69, 9.17) is 5.73 Å². The average molecular weight is 277 g/mol. The van der Waals surface area contributed by atoms with Gasteiger partial charge in [0.05, 0.1) is 5.41 Å². The summed E-state index contributed by atoms with van der Waals surface area (Å²) in [5, 5.41) is 12.6. The van der Waals surface area contributed by atoms with Crippen LogP contribution in [0.15, 0.2) is 18.3 Å². The number of carbonyl (C=O) groups is 2. The minimum atomic E-state index is -0.756. The molecular weight excluding hydrogens is 258 g/mol. The number of carbonyl (C=O) groups excluding carboxylic acids is 1. The van der Waals surface area contributed by atoms with Crippen LogP contribution in [0.2, 0.25) is 0 Å². The van der Waals surface area contributed by atoms with Crippen molar-refractivity contribution in [1.82, 2.24) is 4.98 Å². The van der Waals surface area contributed by atoms with Gasteiger partial charge in [0, 0.05) is 18.4 Å². The van der Waals surface area contributed by atoms with Crippen molar-refractivity contribution in [2.24, 2.45) is 11.1 Å². The Kier molecular flexibility index (Phi) is 4.22. The van der Waals surface area contributed by atoms with Crippen LogP contribution in [0.4, 0.5) is 5.69 Å². The summed E-state index contributed by atoms with van der Waals surface area (Å²) < 4.78 is 0. The molecule has 0 aliphatic heterocycles. The first-order valence-corrected chi connectivity index (χ1v) is 6.77. The molecule has 0 atom stereocenters. The molecule has 0 spiro atoms. The van der Waals surface area contributed by atoms with Crippen LogP contribution in [-0.4, -0.2) is 28.5 Å². The maximum Gasteiger partial charge on any atom is 0.311 e. The van der Waals surface area contributed by atoms with Gasteiger partial charge < -0.3 is 16.2 Å². The van der Waals surface area contributed by atoms with Crippen LogP contribution in [0.3, 0.4) is 0 Å². The number of hydrogen-bond donors (Lipinski definition) is 3. The third-order valence-electron chi connectivity index (χ3n) is 3.91. The number of nitrogens with zero attached hydrogens (tertiary/aromatic N) is 1. The van der Waals surface area contributed by atoms with E-state index in [0.717, 1.165) is 19.3 Å². The number of rotatable bonds is 5. The minimum Gasteiger partial charge on any atom is -0.481 e. The second kappa shape index (κ2) is 5.90. The summed E-state index contributed by atoms with van der Waals surface area (Å²) in [7, 11) is 0. The van der Waals surface area contributed by atoms with E-state index in [2.05, 4.69) is 10.3 Å². The van der Waals surface area contributed by atoms with E-state index >= 15 is 0 Å². The molecule has 20 heavy (non-hydrogen) atoms. The highest BCUT2D eigenvalue weighted by Crippen LogP contribution is 2.36. The lowest BCUT2D eigenvalue weighted by atomic mass is 9.74. The normalized spacial score (nSPS) is 17.4. The first-order chi connectivity index (χ1) is 9.53. The molecule has 1 aromatic rings. The number of anilines is 1. The van der Waals surface area contributed by atoms with Crippen molar-refractivity contribution in [2.75, 3.05) is 11.9 Å². The van der Waals surface area contributed by atoms with Gasteiger partial charge in [-0.2, -0.15) is 0 Å². The predicted octanol–water partition coefficient (Wildman–Crippen LogP) is 1.63. The molecule has 2 rings (SSSR count). The molecule has 1 aliphatic rings. The van der Waals surface area contributed by atoms with Gasteiger partial charge in [-0.05, 0) is 25.0 Å². The van der Waals surface area contributed by atoms with Crippen LogP contribution in [-0.2, 0) is 4.79 Å². The molecule has 6 nitrogen and oxygen atoms in total. The lowest BCUT2D eigenvalue weighted by Crippen LogP contribution is -2.39. The number of hydrogen-bond acceptors (Lipinski definition) is 4. The van der Waals surface area contributed by atoms with Crippen LogP contribution in [0.5, 0.6) is 0 Å². The Bertz CT molecular complexity index is 510. The fourth-order valence-corrected chi connectivity index (χ4v) is 2.64. The zero-order chi connectivity index (χ0) is 14.6. The van der Waals surface area contributed by atoms with Gasteiger partial charge in [-0.25, -0.2) is 0 Å². The highest BCUT2D eigenvalue weighted by atomic mass is 16.4. The minimum absolute atomic E-state index is 0.169. The average Bonchev–Trinajstić information content (AvgIpc) is 2.46. The summed E-state index contributed by atoms with van der Waals surface area (Å²) in [5.41, 5.74) is 5.29. The highest BCUT2D eigenvalue weighted by Gasteiger charge is 2.39. The standard InChI is InChI=1S/C14H19N3O3/c15-12(18)11-8-10(4-7-16-11)17-9-14(13(19)20)5-2-1-3-6-14/h4,7-8H,1-3,5-6,9H2,(H2,15,18)(H,16,17)(H,19,20). The van der Waals surface area contributed by atoms with E-state index in [1.165, 1.54) is 6.20 Å². The zero-order valence-electron chi connectivity index (χ0n) is 11.3. The van der Waals surface area contributed by atoms with E-state index in [1.807, 2.05) is 0 Å². The van der Waals surface area contributed by atoms with Crippen molar-refractivity contribution in [3.8, 4) is 0 Å². The lowest BCUT2D eigenvalue weighted by molar-refractivity contribution is -0.150. The van der Waals surface area contributed by atoms with Crippen molar-refractivity contribution in [3.63, 3.8) is 0 Å². The summed E-state index contributed by atoms with van der Waals surface area (Å²) in [5.74, 6) is -1.35. The Hall–Kier alpha value is -2.11. The summed E-state index contributed by atoms with van der Waals surface area (Å²) in [6.45, 7) is 0.352. The number of nitrogens with one attached hydrogen (secondary N) is 1. The van der Waals surface area contributed by atoms with Crippen molar-refractivity contribution in [1.29, 1.82) is 0 Å². The van der Waals surface area contributed by atoms with E-state index in [9.17, 15) is 14.7 Å². The molecule has 1 aliphatic carbocycles. The first kappa shape index (κ1) is 14.3. The molecule has 1 amide bonds. The molecule has 1 heterocycles. The first-order valence-electron chi connectivity index (χ1n) is 6.77. The Balaban J connectivity index is 2.08. The lowest BCUT2D eigenvalue weighted by Gasteiger charge is -2.33. The molecule has 6 heteroatoms. The van der Waals surface area contributed by atoms with Gasteiger partial charge in [-0.15, -0.1) is 0 Å². The topological polar surface area (TPSA) is 105 Å². The number of aliphatic carboxylic acids is 1. The largest absolute Gasteiger partial charge is 0.481 e. The number of pyridine rings is 1. The van der Waals surface area contributed by atoms with Crippen molar-refractivity contribution < 1.29 is 14.7 Å². The molecule has 1 fully saturated rings. The Morgan fingerprint density at radius 3 is 2.65 bits per heavy atom. The Morgan fingerprint density at radius 2 is 2.05 bits per heavy atom. The van der Waals surface area contributed by atoms with Gasteiger partial charge >= 0.3 is 5.97 Å². The molecule has 1 aromatic heterocycles. The number of carboxylic acid groups (broad SMARTS) is 1. The van der Waals surface area contributed by atoms with Gasteiger partial charge in [0.2, 0.25) is 0 Å². The second-order valence-corrected chi connectivity index (χ2v) is 5.29. The number of carboxylic acids is 1. The molecule has 0 radical (unpaired) electrons. The third kappa shape index (κ3) is 3.07. The maximum absolute atomic E-state index is 11.5. The van der Waals surface area contributed by atoms with Crippen molar-refractivity contribution >= 4 is 17.6 Å². The number of aromatic nitrogens is 1. The third-order valence-corrected chi connectivity index (χ3v) is 3.91. The molecule has 0 bridgehead atoms. The summed E-state index contributed by atoms with van der Waals surface area (Å²) in [6, 6.07) is 3.24. The van der Waals surface area contributed by atoms with E-state index < -0.39 is 17.3 Å². The van der Waals surface area contributed by atoms with E-state index in [0.29, 0.717) is 25.1 Å². The molecule has 0 saturated heterocycles. The SMILES string of the molecule is NC(=O)c1cc(NCC2(C(=O)O)CCCCC2)ccn1. The van der Waals surface area contributed by atoms with Crippen LogP contribution < -0.4 is 11.1 Å². The van der Waals surface area contributed by atoms with Crippen LogP contribution in [0.25, 0.3) is 0 Å². The monoisotopic (exact) mass is 277 g/mol. The van der Waals surface area contributed by atoms with Gasteiger partial charge in [-0.3, -0.25) is 14.6 Å². The summed E-state index contributed by atoms with van der Waals surface area (Å²) >= 11 is 0. The van der Waals surface area contributed by atoms with Crippen LogP contribution in [0, 0.1) is 5.41 Å². The predicted molar refractivity (Wildman–Crippen MR) is 74.4 cm³/mol. The fraction of sp³-hybridized carbons (Fsp3) is 0.500. The Labute approximate surface area is 117 Å². The van der Waals surface area contributed by atoms with Gasteiger partial charge in [0.1, 0.15) is 5.69 Å². The molecule has 1 saturated carbocycles. The van der Waals surface area contributed by atoms with Crippen molar-refractivity contribution in [2.45, 2.75) is 32.1 Å². The van der Waals surface area contributed by atoms with E-state index in [1.54, 1.807) is 12.1 Å². The van der Waals surface area contributed by atoms with Crippen LogP contribution in [0.1, 0.15) is 42.6 Å². The molecule has 108 valence electrons. The maximum atomic E-state index is 11.5. The molecule has 0 aromatic carbocycles. The molecule has 4 N–H and O–H groups in total. The van der Waals surface area contributed by atoms with Gasteiger partial charge in [-0.1, -0.05) is 19.3 Å². The fourth-order valence-electron chi connectivity index (χ4n) is 2.64. The van der Waals surface area contributed by atoms with Crippen molar-refractivity contribution in [3.05, 3.63) is 24.0 Å². The quantitative estimate of drug-likeness (QED) is 0.758. The molecular formula is C14H19N3O3. The van der Waals surface area contributed by atoms with E-state index in [-0.39, 0.29) is 5.69 Å². The number of nitrogens with two attached hydrogens (primary N) is 1. The Morgan fingerprint density at radius 1 is 1.35 bits per heavy atom. The smallest absolute Gasteiger partial charge is 0.311 e.